The molecule has 1 N–H and O–H groups in total. The lowest BCUT2D eigenvalue weighted by Crippen LogP contribution is -2.46. The van der Waals surface area contributed by atoms with Gasteiger partial charge in [0.1, 0.15) is 0 Å². The molecule has 0 fully saturated rings. The standard InChI is InChI=1S/C21H23N3O2/c1-14-5-6-16-12-17(19(25)23-18(16)11-14)13-24(21(2,3)4)20(26)15-7-9-22-10-8-15/h5-12H,13H2,1-4H3,(H,23,25). The van der Waals surface area contributed by atoms with Crippen molar-refractivity contribution >= 4 is 16.8 Å². The van der Waals surface area contributed by atoms with E-state index in [0.29, 0.717) is 11.1 Å². The largest absolute Gasteiger partial charge is 0.329 e. The fraction of sp³-hybridized carbons (Fsp3) is 0.286. The Morgan fingerprint density at radius 2 is 1.81 bits per heavy atom. The molecule has 5 heteroatoms. The average molecular weight is 349 g/mol. The van der Waals surface area contributed by atoms with Gasteiger partial charge in [0.05, 0.1) is 6.54 Å². The van der Waals surface area contributed by atoms with E-state index in [1.807, 2.05) is 52.0 Å². The van der Waals surface area contributed by atoms with Crippen LogP contribution in [0.1, 0.15) is 42.3 Å². The number of aromatic nitrogens is 2. The van der Waals surface area contributed by atoms with Crippen LogP contribution in [0.25, 0.3) is 10.9 Å². The van der Waals surface area contributed by atoms with E-state index < -0.39 is 5.54 Å². The Balaban J connectivity index is 2.01. The second-order valence-corrected chi connectivity index (χ2v) is 7.51. The van der Waals surface area contributed by atoms with Gasteiger partial charge >= 0.3 is 0 Å². The lowest BCUT2D eigenvalue weighted by molar-refractivity contribution is 0.0558. The molecule has 3 rings (SSSR count). The van der Waals surface area contributed by atoms with Gasteiger partial charge in [-0.3, -0.25) is 14.6 Å². The first-order valence-corrected chi connectivity index (χ1v) is 8.60. The minimum Gasteiger partial charge on any atom is -0.329 e. The fourth-order valence-electron chi connectivity index (χ4n) is 2.91. The third-order valence-corrected chi connectivity index (χ3v) is 4.39. The Morgan fingerprint density at radius 1 is 1.12 bits per heavy atom. The van der Waals surface area contributed by atoms with Crippen molar-refractivity contribution in [2.75, 3.05) is 0 Å². The summed E-state index contributed by atoms with van der Waals surface area (Å²) < 4.78 is 0. The number of H-pyrrole nitrogens is 1. The number of amides is 1. The third-order valence-electron chi connectivity index (χ3n) is 4.39. The molecular weight excluding hydrogens is 326 g/mol. The molecule has 2 aromatic heterocycles. The van der Waals surface area contributed by atoms with Crippen LogP contribution in [-0.2, 0) is 6.54 Å². The summed E-state index contributed by atoms with van der Waals surface area (Å²) in [4.78, 5) is 34.2. The van der Waals surface area contributed by atoms with E-state index >= 15 is 0 Å². The summed E-state index contributed by atoms with van der Waals surface area (Å²) in [5, 5.41) is 0.954. The number of benzene rings is 1. The van der Waals surface area contributed by atoms with E-state index in [2.05, 4.69) is 9.97 Å². The van der Waals surface area contributed by atoms with Gasteiger partial charge in [0.2, 0.25) is 0 Å². The van der Waals surface area contributed by atoms with E-state index in [-0.39, 0.29) is 18.0 Å². The van der Waals surface area contributed by atoms with Crippen molar-refractivity contribution in [3.05, 3.63) is 75.8 Å². The number of rotatable bonds is 3. The Bertz CT molecular complexity index is 1000. The first-order chi connectivity index (χ1) is 12.3. The summed E-state index contributed by atoms with van der Waals surface area (Å²) in [6.45, 7) is 8.12. The number of carbonyl (C=O) groups is 1. The van der Waals surface area contributed by atoms with E-state index in [1.54, 1.807) is 29.4 Å². The number of hydrogen-bond donors (Lipinski definition) is 1. The zero-order valence-electron chi connectivity index (χ0n) is 15.5. The van der Waals surface area contributed by atoms with Crippen molar-refractivity contribution in [1.29, 1.82) is 0 Å². The lowest BCUT2D eigenvalue weighted by atomic mass is 10.0. The summed E-state index contributed by atoms with van der Waals surface area (Å²) in [5.41, 5.74) is 2.42. The number of aromatic amines is 1. The van der Waals surface area contributed by atoms with Gasteiger partial charge in [-0.05, 0) is 62.9 Å². The molecule has 0 aliphatic carbocycles. The maximum absolute atomic E-state index is 13.0. The van der Waals surface area contributed by atoms with Crippen LogP contribution in [0.4, 0.5) is 0 Å². The molecule has 1 aromatic carbocycles. The molecule has 5 nitrogen and oxygen atoms in total. The maximum atomic E-state index is 13.0. The number of nitrogens with zero attached hydrogens (tertiary/aromatic N) is 2. The molecule has 0 spiro atoms. The first-order valence-electron chi connectivity index (χ1n) is 8.60. The van der Waals surface area contributed by atoms with Crippen molar-refractivity contribution in [2.45, 2.75) is 39.8 Å². The monoisotopic (exact) mass is 349 g/mol. The summed E-state index contributed by atoms with van der Waals surface area (Å²) in [7, 11) is 0. The van der Waals surface area contributed by atoms with Gasteiger partial charge in [0.15, 0.2) is 0 Å². The zero-order chi connectivity index (χ0) is 18.9. The van der Waals surface area contributed by atoms with Crippen LogP contribution in [0.2, 0.25) is 0 Å². The van der Waals surface area contributed by atoms with E-state index in [0.717, 1.165) is 16.5 Å². The molecule has 0 saturated carbocycles. The highest BCUT2D eigenvalue weighted by molar-refractivity contribution is 5.94. The van der Waals surface area contributed by atoms with Gasteiger partial charge in [-0.15, -0.1) is 0 Å². The van der Waals surface area contributed by atoms with Gasteiger partial charge in [0, 0.05) is 34.6 Å². The van der Waals surface area contributed by atoms with Crippen molar-refractivity contribution in [3.8, 4) is 0 Å². The van der Waals surface area contributed by atoms with Crippen molar-refractivity contribution in [1.82, 2.24) is 14.9 Å². The minimum atomic E-state index is -0.435. The summed E-state index contributed by atoms with van der Waals surface area (Å²) in [6, 6.07) is 11.2. The number of aryl methyl sites for hydroxylation is 1. The quantitative estimate of drug-likeness (QED) is 0.784. The highest BCUT2D eigenvalue weighted by Crippen LogP contribution is 2.21. The zero-order valence-corrected chi connectivity index (χ0v) is 15.5. The second-order valence-electron chi connectivity index (χ2n) is 7.51. The smallest absolute Gasteiger partial charge is 0.254 e. The topological polar surface area (TPSA) is 66.1 Å². The van der Waals surface area contributed by atoms with E-state index in [4.69, 9.17) is 0 Å². The molecular formula is C21H23N3O2. The maximum Gasteiger partial charge on any atom is 0.254 e. The average Bonchev–Trinajstić information content (AvgIpc) is 2.59. The van der Waals surface area contributed by atoms with Gasteiger partial charge in [-0.2, -0.15) is 0 Å². The molecule has 0 saturated heterocycles. The second kappa shape index (κ2) is 6.75. The SMILES string of the molecule is Cc1ccc2cc(CN(C(=O)c3ccncc3)C(C)(C)C)c(=O)[nH]c2c1. The Kier molecular flexibility index (Phi) is 4.64. The van der Waals surface area contributed by atoms with Crippen molar-refractivity contribution in [3.63, 3.8) is 0 Å². The molecule has 3 aromatic rings. The number of carbonyl (C=O) groups excluding carboxylic acids is 1. The summed E-state index contributed by atoms with van der Waals surface area (Å²) in [5.74, 6) is -0.122. The Labute approximate surface area is 152 Å². The van der Waals surface area contributed by atoms with Crippen LogP contribution in [0.3, 0.4) is 0 Å². The van der Waals surface area contributed by atoms with Gasteiger partial charge in [0.25, 0.3) is 11.5 Å². The summed E-state index contributed by atoms with van der Waals surface area (Å²) in [6.07, 6.45) is 3.19. The van der Waals surface area contributed by atoms with Crippen LogP contribution in [0.5, 0.6) is 0 Å². The van der Waals surface area contributed by atoms with Gasteiger partial charge in [-0.1, -0.05) is 12.1 Å². The minimum absolute atomic E-state index is 0.122. The predicted octanol–water partition coefficient (Wildman–Crippen LogP) is 3.67. The lowest BCUT2D eigenvalue weighted by Gasteiger charge is -2.35. The molecule has 26 heavy (non-hydrogen) atoms. The molecule has 1 amide bonds. The van der Waals surface area contributed by atoms with Crippen LogP contribution >= 0.6 is 0 Å². The number of pyridine rings is 2. The van der Waals surface area contributed by atoms with Gasteiger partial charge < -0.3 is 9.88 Å². The van der Waals surface area contributed by atoms with Crippen LogP contribution in [-0.4, -0.2) is 26.3 Å². The molecule has 0 unspecified atom stereocenters. The van der Waals surface area contributed by atoms with Gasteiger partial charge in [-0.25, -0.2) is 0 Å². The van der Waals surface area contributed by atoms with E-state index in [9.17, 15) is 9.59 Å². The molecule has 0 aliphatic rings. The highest BCUT2D eigenvalue weighted by atomic mass is 16.2. The first kappa shape index (κ1) is 17.9. The molecule has 134 valence electrons. The Hall–Kier alpha value is -2.95. The Morgan fingerprint density at radius 3 is 2.46 bits per heavy atom. The molecule has 0 radical (unpaired) electrons. The summed E-state index contributed by atoms with van der Waals surface area (Å²) >= 11 is 0. The van der Waals surface area contributed by atoms with Crippen LogP contribution in [0, 0.1) is 6.92 Å². The molecule has 0 bridgehead atoms. The van der Waals surface area contributed by atoms with Crippen LogP contribution in [0.15, 0.2) is 53.6 Å². The van der Waals surface area contributed by atoms with E-state index in [1.165, 1.54) is 0 Å². The molecule has 2 heterocycles. The van der Waals surface area contributed by atoms with Crippen LogP contribution < -0.4 is 5.56 Å². The van der Waals surface area contributed by atoms with Crippen molar-refractivity contribution in [2.24, 2.45) is 0 Å². The highest BCUT2D eigenvalue weighted by Gasteiger charge is 2.28. The third kappa shape index (κ3) is 3.67. The predicted molar refractivity (Wildman–Crippen MR) is 103 cm³/mol. The fourth-order valence-corrected chi connectivity index (χ4v) is 2.91. The number of hydrogen-bond acceptors (Lipinski definition) is 3. The van der Waals surface area contributed by atoms with Crippen molar-refractivity contribution < 1.29 is 4.79 Å². The number of nitrogens with one attached hydrogen (secondary N) is 1. The number of fused-ring (bicyclic) bond motifs is 1. The molecule has 0 atom stereocenters. The normalized spacial score (nSPS) is 11.5. The molecule has 0 aliphatic heterocycles.